The van der Waals surface area contributed by atoms with Crippen molar-refractivity contribution in [2.45, 2.75) is 44.2 Å². The molecule has 0 spiro atoms. The molecular formula is C30H28Cl2N2O3. The van der Waals surface area contributed by atoms with Crippen LogP contribution in [0.4, 0.5) is 5.69 Å². The summed E-state index contributed by atoms with van der Waals surface area (Å²) in [4.78, 5) is 42.0. The lowest BCUT2D eigenvalue weighted by Crippen LogP contribution is -2.53. The first-order chi connectivity index (χ1) is 17.9. The lowest BCUT2D eigenvalue weighted by atomic mass is 9.95. The van der Waals surface area contributed by atoms with Gasteiger partial charge in [-0.25, -0.2) is 0 Å². The average molecular weight is 535 g/mol. The van der Waals surface area contributed by atoms with Gasteiger partial charge in [-0.1, -0.05) is 115 Å². The molecule has 37 heavy (non-hydrogen) atoms. The highest BCUT2D eigenvalue weighted by Crippen LogP contribution is 2.30. The van der Waals surface area contributed by atoms with Crippen molar-refractivity contribution in [1.29, 1.82) is 0 Å². The molecule has 2 amide bonds. The van der Waals surface area contributed by atoms with E-state index >= 15 is 0 Å². The number of nitrogens with zero attached hydrogens (tertiary/aromatic N) is 1. The van der Waals surface area contributed by atoms with E-state index in [1.807, 2.05) is 30.3 Å². The molecule has 4 rings (SSSR count). The van der Waals surface area contributed by atoms with Crippen molar-refractivity contribution in [1.82, 2.24) is 5.32 Å². The fourth-order valence-corrected chi connectivity index (χ4v) is 4.74. The lowest BCUT2D eigenvalue weighted by molar-refractivity contribution is -0.124. The van der Waals surface area contributed by atoms with E-state index in [-0.39, 0.29) is 22.5 Å². The van der Waals surface area contributed by atoms with Gasteiger partial charge in [0.2, 0.25) is 5.91 Å². The third-order valence-electron chi connectivity index (χ3n) is 6.40. The molecule has 1 saturated carbocycles. The van der Waals surface area contributed by atoms with Crippen molar-refractivity contribution < 1.29 is 14.4 Å². The molecule has 1 atom stereocenters. The molecule has 0 aromatic heterocycles. The van der Waals surface area contributed by atoms with Gasteiger partial charge in [0.1, 0.15) is 6.04 Å². The van der Waals surface area contributed by atoms with Gasteiger partial charge in [-0.15, -0.1) is 0 Å². The van der Waals surface area contributed by atoms with E-state index in [1.165, 1.54) is 11.0 Å². The predicted molar refractivity (Wildman–Crippen MR) is 149 cm³/mol. The topological polar surface area (TPSA) is 66.5 Å². The second kappa shape index (κ2) is 12.7. The number of carbonyl (C=O) groups is 3. The molecule has 5 nitrogen and oxygen atoms in total. The summed E-state index contributed by atoms with van der Waals surface area (Å²) in [6.45, 7) is 0. The maximum atomic E-state index is 13.8. The zero-order chi connectivity index (χ0) is 26.2. The van der Waals surface area contributed by atoms with E-state index in [1.54, 1.807) is 54.6 Å². The summed E-state index contributed by atoms with van der Waals surface area (Å²) in [5.74, 6) is -1.93. The van der Waals surface area contributed by atoms with Crippen LogP contribution in [0.2, 0.25) is 10.0 Å². The van der Waals surface area contributed by atoms with Crippen LogP contribution in [0.5, 0.6) is 0 Å². The Morgan fingerprint density at radius 1 is 0.838 bits per heavy atom. The van der Waals surface area contributed by atoms with Gasteiger partial charge in [0.25, 0.3) is 11.7 Å². The number of rotatable bonds is 8. The van der Waals surface area contributed by atoms with Crippen LogP contribution < -0.4 is 10.2 Å². The summed E-state index contributed by atoms with van der Waals surface area (Å²) >= 11 is 12.4. The number of hydrogen-bond donors (Lipinski definition) is 1. The molecule has 0 aliphatic heterocycles. The highest BCUT2D eigenvalue weighted by atomic mass is 35.5. The number of Topliss-reactive ketones (excluding diaryl/α,β-unsaturated/α-hetero) is 1. The number of carbonyl (C=O) groups excluding carboxylic acids is 3. The van der Waals surface area contributed by atoms with Crippen LogP contribution in [0.3, 0.4) is 0 Å². The molecule has 0 heterocycles. The van der Waals surface area contributed by atoms with Crippen molar-refractivity contribution in [3.8, 4) is 0 Å². The zero-order valence-corrected chi connectivity index (χ0v) is 21.8. The highest BCUT2D eigenvalue weighted by molar-refractivity contribution is 6.48. The van der Waals surface area contributed by atoms with E-state index in [0.29, 0.717) is 10.7 Å². The second-order valence-corrected chi connectivity index (χ2v) is 9.84. The van der Waals surface area contributed by atoms with E-state index in [2.05, 4.69) is 5.32 Å². The number of halogens is 2. The van der Waals surface area contributed by atoms with Crippen LogP contribution in [0.1, 0.15) is 48.0 Å². The van der Waals surface area contributed by atoms with Gasteiger partial charge in [-0.3, -0.25) is 19.3 Å². The molecule has 0 radical (unpaired) electrons. The summed E-state index contributed by atoms with van der Waals surface area (Å²) in [7, 11) is 0. The normalized spacial score (nSPS) is 14.8. The fourth-order valence-electron chi connectivity index (χ4n) is 4.45. The van der Waals surface area contributed by atoms with Gasteiger partial charge < -0.3 is 5.32 Å². The van der Waals surface area contributed by atoms with Crippen LogP contribution >= 0.6 is 23.2 Å². The summed E-state index contributed by atoms with van der Waals surface area (Å²) in [6.07, 6.45) is 8.40. The van der Waals surface area contributed by atoms with Gasteiger partial charge in [0.15, 0.2) is 0 Å². The Balaban J connectivity index is 1.77. The summed E-state index contributed by atoms with van der Waals surface area (Å²) in [6, 6.07) is 21.3. The molecule has 3 aromatic carbocycles. The monoisotopic (exact) mass is 534 g/mol. The standard InChI is InChI=1S/C30H28Cl2N2O3/c31-25-18-17-24(20-26(25)32)34(30(37)28(35)22-12-6-2-7-13-22)27(19-16-21-10-4-1-5-11-21)29(36)33-23-14-8-3-9-15-23/h1-2,4-7,10-13,16-20,23,27H,3,8-9,14-15H2,(H,33,36)/b19-16+. The van der Waals surface area contributed by atoms with Crippen molar-refractivity contribution in [3.05, 3.63) is 106 Å². The third-order valence-corrected chi connectivity index (χ3v) is 7.14. The first-order valence-electron chi connectivity index (χ1n) is 12.4. The predicted octanol–water partition coefficient (Wildman–Crippen LogP) is 6.74. The molecule has 190 valence electrons. The Kier molecular flexibility index (Phi) is 9.15. The van der Waals surface area contributed by atoms with Crippen molar-refractivity contribution in [2.24, 2.45) is 0 Å². The van der Waals surface area contributed by atoms with Crippen LogP contribution in [-0.4, -0.2) is 29.7 Å². The molecule has 7 heteroatoms. The number of benzene rings is 3. The Morgan fingerprint density at radius 3 is 2.14 bits per heavy atom. The van der Waals surface area contributed by atoms with Crippen LogP contribution in [0.15, 0.2) is 84.9 Å². The number of amides is 2. The zero-order valence-electron chi connectivity index (χ0n) is 20.3. The molecule has 1 unspecified atom stereocenters. The Hall–Kier alpha value is -3.41. The largest absolute Gasteiger partial charge is 0.351 e. The van der Waals surface area contributed by atoms with E-state index in [0.717, 1.165) is 37.7 Å². The van der Waals surface area contributed by atoms with Crippen molar-refractivity contribution in [2.75, 3.05) is 4.90 Å². The van der Waals surface area contributed by atoms with Crippen molar-refractivity contribution >= 4 is 52.6 Å². The first kappa shape index (κ1) is 26.6. The Morgan fingerprint density at radius 2 is 1.49 bits per heavy atom. The average Bonchev–Trinajstić information content (AvgIpc) is 2.93. The molecule has 1 aliphatic carbocycles. The van der Waals surface area contributed by atoms with Gasteiger partial charge >= 0.3 is 0 Å². The SMILES string of the molecule is O=C(C(=O)N(c1ccc(Cl)c(Cl)c1)C(/C=C/c1ccccc1)C(=O)NC1CCCCC1)c1ccccc1. The smallest absolute Gasteiger partial charge is 0.300 e. The minimum atomic E-state index is -1.10. The van der Waals surface area contributed by atoms with Crippen LogP contribution in [0, 0.1) is 0 Å². The third kappa shape index (κ3) is 6.88. The summed E-state index contributed by atoms with van der Waals surface area (Å²) in [5, 5.41) is 3.62. The number of hydrogen-bond acceptors (Lipinski definition) is 3. The molecule has 0 bridgehead atoms. The maximum Gasteiger partial charge on any atom is 0.300 e. The first-order valence-corrected chi connectivity index (χ1v) is 13.1. The summed E-state index contributed by atoms with van der Waals surface area (Å²) in [5.41, 5.74) is 1.38. The van der Waals surface area contributed by atoms with Crippen molar-refractivity contribution in [3.63, 3.8) is 0 Å². The molecule has 1 N–H and O–H groups in total. The quantitative estimate of drug-likeness (QED) is 0.257. The number of nitrogens with one attached hydrogen (secondary N) is 1. The molecule has 1 aliphatic rings. The van der Waals surface area contributed by atoms with Gasteiger partial charge in [0.05, 0.1) is 10.0 Å². The Bertz CT molecular complexity index is 1270. The van der Waals surface area contributed by atoms with Gasteiger partial charge in [-0.05, 0) is 36.6 Å². The van der Waals surface area contributed by atoms with E-state index < -0.39 is 17.7 Å². The molecular weight excluding hydrogens is 507 g/mol. The minimum Gasteiger partial charge on any atom is -0.351 e. The van der Waals surface area contributed by atoms with Crippen LogP contribution in [-0.2, 0) is 9.59 Å². The van der Waals surface area contributed by atoms with E-state index in [4.69, 9.17) is 23.2 Å². The molecule has 0 saturated heterocycles. The second-order valence-electron chi connectivity index (χ2n) is 9.03. The van der Waals surface area contributed by atoms with Gasteiger partial charge in [-0.2, -0.15) is 0 Å². The van der Waals surface area contributed by atoms with Crippen LogP contribution in [0.25, 0.3) is 6.08 Å². The number of ketones is 1. The van der Waals surface area contributed by atoms with E-state index in [9.17, 15) is 14.4 Å². The molecule has 1 fully saturated rings. The summed E-state index contributed by atoms with van der Waals surface area (Å²) < 4.78 is 0. The fraction of sp³-hybridized carbons (Fsp3) is 0.233. The molecule has 3 aromatic rings. The van der Waals surface area contributed by atoms with Gasteiger partial charge in [0, 0.05) is 17.3 Å². The maximum absolute atomic E-state index is 13.8. The number of anilines is 1. The minimum absolute atomic E-state index is 0.0180. The Labute approximate surface area is 227 Å². The highest BCUT2D eigenvalue weighted by Gasteiger charge is 2.35. The lowest BCUT2D eigenvalue weighted by Gasteiger charge is -2.31.